The lowest BCUT2D eigenvalue weighted by Gasteiger charge is -2.25. The molecule has 5 heteroatoms. The number of carboxylic acid groups (broad SMARTS) is 1. The predicted molar refractivity (Wildman–Crippen MR) is 65.2 cm³/mol. The number of anilines is 1. The SMILES string of the molecule is CCC(O)(CC)CNc1ncccc1C(=O)O. The highest BCUT2D eigenvalue weighted by Crippen LogP contribution is 2.17. The van der Waals surface area contributed by atoms with E-state index in [9.17, 15) is 9.90 Å². The van der Waals surface area contributed by atoms with Crippen LogP contribution in [0.5, 0.6) is 0 Å². The Morgan fingerprint density at radius 3 is 2.65 bits per heavy atom. The van der Waals surface area contributed by atoms with E-state index in [2.05, 4.69) is 10.3 Å². The highest BCUT2D eigenvalue weighted by Gasteiger charge is 2.22. The maximum Gasteiger partial charge on any atom is 0.339 e. The number of hydrogen-bond donors (Lipinski definition) is 3. The number of aromatic nitrogens is 1. The van der Waals surface area contributed by atoms with Crippen LogP contribution in [-0.4, -0.2) is 33.3 Å². The molecule has 0 bridgehead atoms. The first-order valence-electron chi connectivity index (χ1n) is 5.67. The Hall–Kier alpha value is -1.62. The third-order valence-electron chi connectivity index (χ3n) is 2.94. The van der Waals surface area contributed by atoms with Crippen LogP contribution in [0.3, 0.4) is 0 Å². The Labute approximate surface area is 101 Å². The Morgan fingerprint density at radius 1 is 1.47 bits per heavy atom. The Bertz CT molecular complexity index is 389. The molecule has 0 aromatic carbocycles. The van der Waals surface area contributed by atoms with Crippen molar-refractivity contribution in [2.45, 2.75) is 32.3 Å². The molecule has 5 nitrogen and oxygen atoms in total. The molecule has 1 rings (SSSR count). The van der Waals surface area contributed by atoms with Crippen molar-refractivity contribution in [1.82, 2.24) is 4.98 Å². The van der Waals surface area contributed by atoms with Gasteiger partial charge in [0.05, 0.1) is 5.60 Å². The highest BCUT2D eigenvalue weighted by molar-refractivity contribution is 5.92. The molecule has 94 valence electrons. The minimum Gasteiger partial charge on any atom is -0.478 e. The number of aliphatic hydroxyl groups is 1. The van der Waals surface area contributed by atoms with Crippen molar-refractivity contribution in [3.63, 3.8) is 0 Å². The molecule has 0 unspecified atom stereocenters. The van der Waals surface area contributed by atoms with Gasteiger partial charge in [-0.3, -0.25) is 0 Å². The topological polar surface area (TPSA) is 82.5 Å². The fourth-order valence-corrected chi connectivity index (χ4v) is 1.47. The summed E-state index contributed by atoms with van der Waals surface area (Å²) in [6.07, 6.45) is 2.73. The fraction of sp³-hybridized carbons (Fsp3) is 0.500. The van der Waals surface area contributed by atoms with E-state index >= 15 is 0 Å². The normalized spacial score (nSPS) is 11.2. The number of pyridine rings is 1. The summed E-state index contributed by atoms with van der Waals surface area (Å²) in [7, 11) is 0. The van der Waals surface area contributed by atoms with Crippen LogP contribution in [0.2, 0.25) is 0 Å². The number of rotatable bonds is 6. The minimum absolute atomic E-state index is 0.113. The molecule has 17 heavy (non-hydrogen) atoms. The van der Waals surface area contributed by atoms with Crippen molar-refractivity contribution < 1.29 is 15.0 Å². The van der Waals surface area contributed by atoms with Gasteiger partial charge >= 0.3 is 5.97 Å². The molecular weight excluding hydrogens is 220 g/mol. The molecular formula is C12H18N2O3. The van der Waals surface area contributed by atoms with Gasteiger partial charge in [-0.05, 0) is 25.0 Å². The average Bonchev–Trinajstić information content (AvgIpc) is 2.36. The van der Waals surface area contributed by atoms with Crippen molar-refractivity contribution in [3.8, 4) is 0 Å². The van der Waals surface area contributed by atoms with Gasteiger partial charge in [0.1, 0.15) is 11.4 Å². The van der Waals surface area contributed by atoms with E-state index in [4.69, 9.17) is 5.11 Å². The Morgan fingerprint density at radius 2 is 2.12 bits per heavy atom. The van der Waals surface area contributed by atoms with Gasteiger partial charge in [-0.15, -0.1) is 0 Å². The Kier molecular flexibility index (Phi) is 4.45. The van der Waals surface area contributed by atoms with Crippen LogP contribution in [0, 0.1) is 0 Å². The number of carbonyl (C=O) groups is 1. The predicted octanol–water partition coefficient (Wildman–Crippen LogP) is 1.74. The van der Waals surface area contributed by atoms with Gasteiger partial charge in [-0.1, -0.05) is 13.8 Å². The van der Waals surface area contributed by atoms with Crippen molar-refractivity contribution in [2.75, 3.05) is 11.9 Å². The minimum atomic E-state index is -1.03. The third kappa shape index (κ3) is 3.42. The van der Waals surface area contributed by atoms with Crippen LogP contribution >= 0.6 is 0 Å². The number of carboxylic acids is 1. The number of aromatic carboxylic acids is 1. The smallest absolute Gasteiger partial charge is 0.339 e. The summed E-state index contributed by atoms with van der Waals surface area (Å²) in [5.41, 5.74) is -0.713. The molecule has 3 N–H and O–H groups in total. The van der Waals surface area contributed by atoms with Crippen molar-refractivity contribution in [3.05, 3.63) is 23.9 Å². The molecule has 1 heterocycles. The standard InChI is InChI=1S/C12H18N2O3/c1-3-12(17,4-2)8-14-10-9(11(15)16)6-5-7-13-10/h5-7,17H,3-4,8H2,1-2H3,(H,13,14)(H,15,16). The number of hydrogen-bond acceptors (Lipinski definition) is 4. The highest BCUT2D eigenvalue weighted by atomic mass is 16.4. The summed E-state index contributed by atoms with van der Waals surface area (Å²) in [6, 6.07) is 3.05. The van der Waals surface area contributed by atoms with Gasteiger partial charge in [-0.25, -0.2) is 9.78 Å². The zero-order chi connectivity index (χ0) is 12.9. The first-order chi connectivity index (χ1) is 8.02. The summed E-state index contributed by atoms with van der Waals surface area (Å²) >= 11 is 0. The molecule has 0 atom stereocenters. The van der Waals surface area contributed by atoms with E-state index in [0.717, 1.165) is 0 Å². The third-order valence-corrected chi connectivity index (χ3v) is 2.94. The van der Waals surface area contributed by atoms with E-state index in [0.29, 0.717) is 18.7 Å². The van der Waals surface area contributed by atoms with Crippen LogP contribution in [0.1, 0.15) is 37.0 Å². The molecule has 0 radical (unpaired) electrons. The second kappa shape index (κ2) is 5.63. The lowest BCUT2D eigenvalue weighted by molar-refractivity contribution is 0.0455. The molecule has 0 spiro atoms. The largest absolute Gasteiger partial charge is 0.478 e. The van der Waals surface area contributed by atoms with Crippen molar-refractivity contribution >= 4 is 11.8 Å². The summed E-state index contributed by atoms with van der Waals surface area (Å²) in [4.78, 5) is 14.9. The molecule has 0 aliphatic heterocycles. The first-order valence-corrected chi connectivity index (χ1v) is 5.67. The quantitative estimate of drug-likeness (QED) is 0.703. The van der Waals surface area contributed by atoms with Gasteiger partial charge in [-0.2, -0.15) is 0 Å². The zero-order valence-electron chi connectivity index (χ0n) is 10.1. The van der Waals surface area contributed by atoms with Gasteiger partial charge in [0, 0.05) is 12.7 Å². The van der Waals surface area contributed by atoms with E-state index in [1.165, 1.54) is 12.3 Å². The second-order valence-electron chi connectivity index (χ2n) is 3.99. The molecule has 1 aromatic rings. The number of nitrogens with zero attached hydrogens (tertiary/aromatic N) is 1. The average molecular weight is 238 g/mol. The van der Waals surface area contributed by atoms with Gasteiger partial charge < -0.3 is 15.5 Å². The van der Waals surface area contributed by atoms with Crippen LogP contribution in [0.25, 0.3) is 0 Å². The van der Waals surface area contributed by atoms with E-state index in [-0.39, 0.29) is 12.1 Å². The van der Waals surface area contributed by atoms with E-state index < -0.39 is 11.6 Å². The zero-order valence-corrected chi connectivity index (χ0v) is 10.1. The molecule has 0 aliphatic rings. The van der Waals surface area contributed by atoms with Crippen molar-refractivity contribution in [2.24, 2.45) is 0 Å². The van der Waals surface area contributed by atoms with Crippen LogP contribution < -0.4 is 5.32 Å². The first kappa shape index (κ1) is 13.4. The summed E-state index contributed by atoms with van der Waals surface area (Å²) in [5.74, 6) is -0.738. The lowest BCUT2D eigenvalue weighted by atomic mass is 9.97. The van der Waals surface area contributed by atoms with Gasteiger partial charge in [0.15, 0.2) is 0 Å². The molecule has 0 fully saturated rings. The lowest BCUT2D eigenvalue weighted by Crippen LogP contribution is -2.35. The maximum absolute atomic E-state index is 10.9. The molecule has 0 aliphatic carbocycles. The molecule has 0 amide bonds. The summed E-state index contributed by atoms with van der Waals surface area (Å²) in [5, 5.41) is 21.9. The summed E-state index contributed by atoms with van der Waals surface area (Å²) in [6.45, 7) is 4.07. The molecule has 0 saturated heterocycles. The van der Waals surface area contributed by atoms with Gasteiger partial charge in [0.25, 0.3) is 0 Å². The summed E-state index contributed by atoms with van der Waals surface area (Å²) < 4.78 is 0. The van der Waals surface area contributed by atoms with Crippen molar-refractivity contribution in [1.29, 1.82) is 0 Å². The van der Waals surface area contributed by atoms with E-state index in [1.807, 2.05) is 13.8 Å². The molecule has 1 aromatic heterocycles. The fourth-order valence-electron chi connectivity index (χ4n) is 1.47. The Balaban J connectivity index is 2.79. The van der Waals surface area contributed by atoms with E-state index in [1.54, 1.807) is 6.07 Å². The molecule has 0 saturated carbocycles. The number of nitrogens with one attached hydrogen (secondary N) is 1. The van der Waals surface area contributed by atoms with Gasteiger partial charge in [0.2, 0.25) is 0 Å². The van der Waals surface area contributed by atoms with Crippen LogP contribution in [0.4, 0.5) is 5.82 Å². The monoisotopic (exact) mass is 238 g/mol. The van der Waals surface area contributed by atoms with Crippen LogP contribution in [-0.2, 0) is 0 Å². The second-order valence-corrected chi connectivity index (χ2v) is 3.99. The maximum atomic E-state index is 10.9. The van der Waals surface area contributed by atoms with Crippen LogP contribution in [0.15, 0.2) is 18.3 Å².